The van der Waals surface area contributed by atoms with Crippen molar-refractivity contribution in [2.75, 3.05) is 5.73 Å². The molecule has 0 aliphatic carbocycles. The first-order chi connectivity index (χ1) is 11.5. The fourth-order valence-electron chi connectivity index (χ4n) is 2.43. The van der Waals surface area contributed by atoms with Crippen LogP contribution in [-0.4, -0.2) is 26.0 Å². The standard InChI is InChI=1S/C17H13ClN4O2/c1-9-15(11-3-5-14(19)20-7-11)16(22-8-21-9)10-2-4-12(17(23)24)13(18)6-10/h2-8H,1H3,(H2,19,20)(H,23,24). The summed E-state index contributed by atoms with van der Waals surface area (Å²) in [6.07, 6.45) is 3.11. The van der Waals surface area contributed by atoms with Crippen LogP contribution in [0.15, 0.2) is 42.9 Å². The van der Waals surface area contributed by atoms with E-state index in [1.807, 2.05) is 13.0 Å². The molecule has 0 bridgehead atoms. The lowest BCUT2D eigenvalue weighted by Crippen LogP contribution is -2.00. The largest absolute Gasteiger partial charge is 0.478 e. The number of aromatic nitrogens is 3. The molecule has 0 saturated heterocycles. The number of nitrogen functional groups attached to an aromatic ring is 1. The van der Waals surface area contributed by atoms with E-state index in [1.54, 1.807) is 24.4 Å². The van der Waals surface area contributed by atoms with Gasteiger partial charge in [-0.05, 0) is 31.2 Å². The predicted octanol–water partition coefficient (Wildman–Crippen LogP) is 3.45. The number of carbonyl (C=O) groups is 1. The lowest BCUT2D eigenvalue weighted by atomic mass is 9.98. The van der Waals surface area contributed by atoms with Gasteiger partial charge in [0.15, 0.2) is 0 Å². The monoisotopic (exact) mass is 340 g/mol. The molecule has 2 heterocycles. The van der Waals surface area contributed by atoms with Gasteiger partial charge in [0.1, 0.15) is 12.1 Å². The molecule has 0 amide bonds. The molecular formula is C17H13ClN4O2. The van der Waals surface area contributed by atoms with Crippen LogP contribution in [0.1, 0.15) is 16.1 Å². The summed E-state index contributed by atoms with van der Waals surface area (Å²) in [5, 5.41) is 9.25. The van der Waals surface area contributed by atoms with Gasteiger partial charge in [0.2, 0.25) is 0 Å². The highest BCUT2D eigenvalue weighted by Gasteiger charge is 2.16. The van der Waals surface area contributed by atoms with Crippen molar-refractivity contribution >= 4 is 23.4 Å². The molecule has 0 unspecified atom stereocenters. The van der Waals surface area contributed by atoms with Crippen molar-refractivity contribution in [3.05, 3.63) is 59.1 Å². The summed E-state index contributed by atoms with van der Waals surface area (Å²) in [6.45, 7) is 1.87. The Labute approximate surface area is 143 Å². The number of hydrogen-bond donors (Lipinski definition) is 2. The number of aryl methyl sites for hydroxylation is 1. The molecule has 3 rings (SSSR count). The van der Waals surface area contributed by atoms with Crippen molar-refractivity contribution in [3.8, 4) is 22.4 Å². The molecule has 3 aromatic rings. The summed E-state index contributed by atoms with van der Waals surface area (Å²) >= 11 is 6.08. The maximum Gasteiger partial charge on any atom is 0.337 e. The van der Waals surface area contributed by atoms with Gasteiger partial charge >= 0.3 is 5.97 Å². The van der Waals surface area contributed by atoms with Gasteiger partial charge < -0.3 is 10.8 Å². The zero-order chi connectivity index (χ0) is 17.3. The van der Waals surface area contributed by atoms with Gasteiger partial charge in [0.05, 0.1) is 16.3 Å². The van der Waals surface area contributed by atoms with Gasteiger partial charge in [-0.1, -0.05) is 17.7 Å². The summed E-state index contributed by atoms with van der Waals surface area (Å²) in [5.41, 5.74) is 9.41. The number of carboxylic acid groups (broad SMARTS) is 1. The van der Waals surface area contributed by atoms with E-state index < -0.39 is 5.97 Å². The van der Waals surface area contributed by atoms with Crippen molar-refractivity contribution in [1.82, 2.24) is 15.0 Å². The Kier molecular flexibility index (Phi) is 4.14. The Balaban J connectivity index is 2.19. The van der Waals surface area contributed by atoms with E-state index in [0.717, 1.165) is 16.8 Å². The fourth-order valence-corrected chi connectivity index (χ4v) is 2.69. The first kappa shape index (κ1) is 15.9. The second kappa shape index (κ2) is 6.25. The topological polar surface area (TPSA) is 102 Å². The zero-order valence-corrected chi connectivity index (χ0v) is 13.4. The van der Waals surface area contributed by atoms with Gasteiger partial charge in [0.25, 0.3) is 0 Å². The maximum atomic E-state index is 11.1. The zero-order valence-electron chi connectivity index (χ0n) is 12.7. The number of nitrogens with two attached hydrogens (primary N) is 1. The smallest absolute Gasteiger partial charge is 0.337 e. The fraction of sp³-hybridized carbons (Fsp3) is 0.0588. The van der Waals surface area contributed by atoms with Crippen LogP contribution in [0.2, 0.25) is 5.02 Å². The average Bonchev–Trinajstić information content (AvgIpc) is 2.55. The van der Waals surface area contributed by atoms with Gasteiger partial charge in [-0.3, -0.25) is 0 Å². The molecule has 0 fully saturated rings. The minimum atomic E-state index is -1.08. The van der Waals surface area contributed by atoms with Crippen LogP contribution in [0.25, 0.3) is 22.4 Å². The molecule has 6 nitrogen and oxygen atoms in total. The number of carboxylic acids is 1. The quantitative estimate of drug-likeness (QED) is 0.757. The normalized spacial score (nSPS) is 10.6. The second-order valence-electron chi connectivity index (χ2n) is 5.15. The first-order valence-electron chi connectivity index (χ1n) is 7.04. The second-order valence-corrected chi connectivity index (χ2v) is 5.56. The van der Waals surface area contributed by atoms with E-state index in [9.17, 15) is 4.79 Å². The Bertz CT molecular complexity index is 926. The third kappa shape index (κ3) is 2.91. The number of rotatable bonds is 3. The van der Waals surface area contributed by atoms with E-state index in [0.29, 0.717) is 17.1 Å². The molecule has 0 spiro atoms. The number of hydrogen-bond acceptors (Lipinski definition) is 5. The van der Waals surface area contributed by atoms with Crippen LogP contribution < -0.4 is 5.73 Å². The van der Waals surface area contributed by atoms with Crippen molar-refractivity contribution in [3.63, 3.8) is 0 Å². The third-order valence-electron chi connectivity index (χ3n) is 3.58. The Hall–Kier alpha value is -2.99. The molecule has 7 heteroatoms. The minimum absolute atomic E-state index is 0.0434. The molecular weight excluding hydrogens is 328 g/mol. The van der Waals surface area contributed by atoms with Gasteiger partial charge in [-0.2, -0.15) is 0 Å². The lowest BCUT2D eigenvalue weighted by molar-refractivity contribution is 0.0697. The van der Waals surface area contributed by atoms with Crippen molar-refractivity contribution in [2.45, 2.75) is 6.92 Å². The van der Waals surface area contributed by atoms with Crippen LogP contribution >= 0.6 is 11.6 Å². The van der Waals surface area contributed by atoms with Crippen molar-refractivity contribution in [2.24, 2.45) is 0 Å². The summed E-state index contributed by atoms with van der Waals surface area (Å²) in [5.74, 6) is -0.656. The number of aromatic carboxylic acids is 1. The molecule has 1 aromatic carbocycles. The first-order valence-corrected chi connectivity index (χ1v) is 7.42. The molecule has 120 valence electrons. The molecule has 3 N–H and O–H groups in total. The van der Waals surface area contributed by atoms with Crippen LogP contribution in [-0.2, 0) is 0 Å². The van der Waals surface area contributed by atoms with Crippen LogP contribution in [0.4, 0.5) is 5.82 Å². The average molecular weight is 341 g/mol. The van der Waals surface area contributed by atoms with Crippen LogP contribution in [0.3, 0.4) is 0 Å². The highest BCUT2D eigenvalue weighted by Crippen LogP contribution is 2.33. The van der Waals surface area contributed by atoms with E-state index in [2.05, 4.69) is 15.0 Å². The molecule has 0 saturated carbocycles. The minimum Gasteiger partial charge on any atom is -0.478 e. The van der Waals surface area contributed by atoms with E-state index in [-0.39, 0.29) is 10.6 Å². The van der Waals surface area contributed by atoms with E-state index in [4.69, 9.17) is 22.4 Å². The van der Waals surface area contributed by atoms with Crippen LogP contribution in [0.5, 0.6) is 0 Å². The predicted molar refractivity (Wildman–Crippen MR) is 91.8 cm³/mol. The van der Waals surface area contributed by atoms with Crippen molar-refractivity contribution < 1.29 is 9.90 Å². The Morgan fingerprint density at radius 1 is 1.12 bits per heavy atom. The number of pyridine rings is 1. The lowest BCUT2D eigenvalue weighted by Gasteiger charge is -2.12. The van der Waals surface area contributed by atoms with E-state index >= 15 is 0 Å². The maximum absolute atomic E-state index is 11.1. The number of nitrogens with zero attached hydrogens (tertiary/aromatic N) is 3. The summed E-state index contributed by atoms with van der Waals surface area (Å²) in [4.78, 5) is 23.8. The third-order valence-corrected chi connectivity index (χ3v) is 3.90. The number of benzene rings is 1. The number of halogens is 1. The molecule has 0 aliphatic heterocycles. The SMILES string of the molecule is Cc1ncnc(-c2ccc(C(=O)O)c(Cl)c2)c1-c1ccc(N)nc1. The molecule has 0 atom stereocenters. The summed E-state index contributed by atoms with van der Waals surface area (Å²) in [6, 6.07) is 8.26. The van der Waals surface area contributed by atoms with Crippen LogP contribution in [0, 0.1) is 6.92 Å². The molecule has 0 aliphatic rings. The molecule has 0 radical (unpaired) electrons. The number of anilines is 1. The van der Waals surface area contributed by atoms with Gasteiger partial charge in [-0.15, -0.1) is 0 Å². The molecule has 24 heavy (non-hydrogen) atoms. The van der Waals surface area contributed by atoms with Gasteiger partial charge in [0, 0.05) is 28.6 Å². The Morgan fingerprint density at radius 2 is 1.88 bits per heavy atom. The highest BCUT2D eigenvalue weighted by atomic mass is 35.5. The van der Waals surface area contributed by atoms with Crippen molar-refractivity contribution in [1.29, 1.82) is 0 Å². The van der Waals surface area contributed by atoms with Gasteiger partial charge in [-0.25, -0.2) is 19.7 Å². The molecule has 2 aromatic heterocycles. The van der Waals surface area contributed by atoms with E-state index in [1.165, 1.54) is 12.4 Å². The summed E-state index contributed by atoms with van der Waals surface area (Å²) < 4.78 is 0. The highest BCUT2D eigenvalue weighted by molar-refractivity contribution is 6.33. The summed E-state index contributed by atoms with van der Waals surface area (Å²) in [7, 11) is 0. The Morgan fingerprint density at radius 3 is 2.50 bits per heavy atom.